The maximum atomic E-state index is 10.5. The molecule has 8 heavy (non-hydrogen) atoms. The Bertz CT molecular complexity index is 114. The van der Waals surface area contributed by atoms with Crippen molar-refractivity contribution in [2.45, 2.75) is 12.5 Å². The predicted molar refractivity (Wildman–Crippen MR) is 28.5 cm³/mol. The molecule has 0 aromatic heterocycles. The van der Waals surface area contributed by atoms with Crippen LogP contribution in [0.1, 0.15) is 6.42 Å². The third-order valence-corrected chi connectivity index (χ3v) is 1.19. The van der Waals surface area contributed by atoms with E-state index >= 15 is 0 Å². The number of hydrogen-bond donors (Lipinski definition) is 2. The number of carbonyl (C=O) groups excluding carboxylic acids is 1. The molecule has 0 aromatic carbocycles. The maximum Gasteiger partial charge on any atom is 0.238 e. The molecular formula is C4H9N3O. The molecule has 1 aliphatic rings. The molecule has 1 atom stereocenters. The number of hydrazine groups is 1. The first kappa shape index (κ1) is 5.53. The summed E-state index contributed by atoms with van der Waals surface area (Å²) in [7, 11) is 0. The molecule has 0 spiro atoms. The molecule has 0 unspecified atom stereocenters. The molecule has 1 saturated heterocycles. The average molecular weight is 115 g/mol. The van der Waals surface area contributed by atoms with Crippen LogP contribution in [0.5, 0.6) is 0 Å². The lowest BCUT2D eigenvalue weighted by Crippen LogP contribution is -2.34. The fraction of sp³-hybridized carbons (Fsp3) is 0.750. The molecule has 1 rings (SSSR count). The number of nitrogens with zero attached hydrogens (tertiary/aromatic N) is 1. The van der Waals surface area contributed by atoms with Gasteiger partial charge in [0.1, 0.15) is 0 Å². The first-order valence-electron chi connectivity index (χ1n) is 2.51. The van der Waals surface area contributed by atoms with Gasteiger partial charge in [0.05, 0.1) is 6.54 Å². The number of hydrogen-bond acceptors (Lipinski definition) is 3. The van der Waals surface area contributed by atoms with E-state index in [-0.39, 0.29) is 11.9 Å². The van der Waals surface area contributed by atoms with Gasteiger partial charge in [-0.25, -0.2) is 5.84 Å². The van der Waals surface area contributed by atoms with Gasteiger partial charge < -0.3 is 5.73 Å². The largest absolute Gasteiger partial charge is 0.326 e. The second-order valence-electron chi connectivity index (χ2n) is 2.01. The van der Waals surface area contributed by atoms with E-state index in [0.717, 1.165) is 5.01 Å². The molecule has 1 amide bonds. The molecule has 0 radical (unpaired) electrons. The van der Waals surface area contributed by atoms with Crippen LogP contribution in [0.3, 0.4) is 0 Å². The van der Waals surface area contributed by atoms with E-state index in [4.69, 9.17) is 11.6 Å². The molecule has 1 aliphatic heterocycles. The molecule has 0 bridgehead atoms. The molecule has 0 aliphatic carbocycles. The van der Waals surface area contributed by atoms with Crippen LogP contribution in [-0.2, 0) is 4.79 Å². The standard InChI is InChI=1S/C4H9N3O/c5-3-1-4(8)7(6)2-3/h3H,1-2,5-6H2/t3-/m1/s1. The molecular weight excluding hydrogens is 106 g/mol. The van der Waals surface area contributed by atoms with Crippen molar-refractivity contribution in [2.24, 2.45) is 11.6 Å². The Morgan fingerprint density at radius 3 is 2.50 bits per heavy atom. The number of nitrogens with two attached hydrogens (primary N) is 2. The summed E-state index contributed by atoms with van der Waals surface area (Å²) in [4.78, 5) is 10.5. The third-order valence-electron chi connectivity index (χ3n) is 1.19. The maximum absolute atomic E-state index is 10.5. The molecule has 1 heterocycles. The van der Waals surface area contributed by atoms with Crippen molar-refractivity contribution in [1.82, 2.24) is 5.01 Å². The van der Waals surface area contributed by atoms with Crippen molar-refractivity contribution in [1.29, 1.82) is 0 Å². The summed E-state index contributed by atoms with van der Waals surface area (Å²) in [5.41, 5.74) is 5.37. The molecule has 4 N–H and O–H groups in total. The van der Waals surface area contributed by atoms with Crippen LogP contribution in [0.15, 0.2) is 0 Å². The fourth-order valence-electron chi connectivity index (χ4n) is 0.761. The highest BCUT2D eigenvalue weighted by Gasteiger charge is 2.23. The van der Waals surface area contributed by atoms with Gasteiger partial charge in [0, 0.05) is 12.5 Å². The highest BCUT2D eigenvalue weighted by molar-refractivity contribution is 5.78. The van der Waals surface area contributed by atoms with E-state index < -0.39 is 0 Å². The first-order chi connectivity index (χ1) is 3.70. The van der Waals surface area contributed by atoms with Gasteiger partial charge in [-0.3, -0.25) is 9.80 Å². The normalized spacial score (nSPS) is 29.5. The van der Waals surface area contributed by atoms with Crippen LogP contribution >= 0.6 is 0 Å². The highest BCUT2D eigenvalue weighted by atomic mass is 16.2. The van der Waals surface area contributed by atoms with Crippen molar-refractivity contribution < 1.29 is 4.79 Å². The van der Waals surface area contributed by atoms with E-state index in [9.17, 15) is 4.79 Å². The summed E-state index contributed by atoms with van der Waals surface area (Å²) < 4.78 is 0. The van der Waals surface area contributed by atoms with Gasteiger partial charge >= 0.3 is 0 Å². The second-order valence-corrected chi connectivity index (χ2v) is 2.01. The Balaban J connectivity index is 2.51. The van der Waals surface area contributed by atoms with Crippen LogP contribution in [-0.4, -0.2) is 23.5 Å². The van der Waals surface area contributed by atoms with Gasteiger partial charge in [-0.1, -0.05) is 0 Å². The van der Waals surface area contributed by atoms with Gasteiger partial charge in [0.2, 0.25) is 5.91 Å². The van der Waals surface area contributed by atoms with Crippen LogP contribution in [0.4, 0.5) is 0 Å². The van der Waals surface area contributed by atoms with E-state index in [1.54, 1.807) is 0 Å². The van der Waals surface area contributed by atoms with Crippen LogP contribution < -0.4 is 11.6 Å². The highest BCUT2D eigenvalue weighted by Crippen LogP contribution is 2.02. The summed E-state index contributed by atoms with van der Waals surface area (Å²) in [5.74, 6) is 5.11. The second kappa shape index (κ2) is 1.72. The lowest BCUT2D eigenvalue weighted by Gasteiger charge is -2.04. The lowest BCUT2D eigenvalue weighted by atomic mass is 10.3. The molecule has 4 heteroatoms. The molecule has 0 aromatic rings. The van der Waals surface area contributed by atoms with Crippen molar-refractivity contribution in [3.8, 4) is 0 Å². The van der Waals surface area contributed by atoms with Crippen molar-refractivity contribution in [3.05, 3.63) is 0 Å². The minimum absolute atomic E-state index is 0.0486. The fourth-order valence-corrected chi connectivity index (χ4v) is 0.761. The van der Waals surface area contributed by atoms with Crippen LogP contribution in [0.2, 0.25) is 0 Å². The average Bonchev–Trinajstić information content (AvgIpc) is 1.85. The first-order valence-corrected chi connectivity index (χ1v) is 2.51. The van der Waals surface area contributed by atoms with Crippen molar-refractivity contribution >= 4 is 5.91 Å². The summed E-state index contributed by atoms with van der Waals surface area (Å²) in [6.45, 7) is 0.499. The number of rotatable bonds is 0. The Hall–Kier alpha value is -0.610. The van der Waals surface area contributed by atoms with E-state index in [0.29, 0.717) is 13.0 Å². The van der Waals surface area contributed by atoms with Crippen LogP contribution in [0.25, 0.3) is 0 Å². The third kappa shape index (κ3) is 0.801. The summed E-state index contributed by atoms with van der Waals surface area (Å²) in [6, 6.07) is -0.0486. The Kier molecular flexibility index (Phi) is 1.19. The zero-order valence-electron chi connectivity index (χ0n) is 4.50. The Morgan fingerprint density at radius 1 is 1.75 bits per heavy atom. The zero-order valence-corrected chi connectivity index (χ0v) is 4.50. The SMILES string of the molecule is N[C@@H]1CC(=O)N(N)C1. The van der Waals surface area contributed by atoms with Crippen LogP contribution in [0, 0.1) is 0 Å². The van der Waals surface area contributed by atoms with E-state index in [1.165, 1.54) is 0 Å². The van der Waals surface area contributed by atoms with Gasteiger partial charge in [0.15, 0.2) is 0 Å². The summed E-state index contributed by atoms with van der Waals surface area (Å²) in [6.07, 6.45) is 0.399. The zero-order chi connectivity index (χ0) is 6.15. The molecule has 46 valence electrons. The summed E-state index contributed by atoms with van der Waals surface area (Å²) in [5, 5.41) is 1.16. The van der Waals surface area contributed by atoms with Gasteiger partial charge in [-0.05, 0) is 0 Å². The summed E-state index contributed by atoms with van der Waals surface area (Å²) >= 11 is 0. The topological polar surface area (TPSA) is 72.4 Å². The minimum Gasteiger partial charge on any atom is -0.326 e. The quantitative estimate of drug-likeness (QED) is 0.295. The Labute approximate surface area is 47.4 Å². The number of carbonyl (C=O) groups is 1. The van der Waals surface area contributed by atoms with Gasteiger partial charge in [-0.2, -0.15) is 0 Å². The number of amides is 1. The molecule has 1 fully saturated rings. The predicted octanol–water partition coefficient (Wildman–Crippen LogP) is -1.58. The Morgan fingerprint density at radius 2 is 2.38 bits per heavy atom. The smallest absolute Gasteiger partial charge is 0.238 e. The monoisotopic (exact) mass is 115 g/mol. The van der Waals surface area contributed by atoms with Gasteiger partial charge in [0.25, 0.3) is 0 Å². The lowest BCUT2D eigenvalue weighted by molar-refractivity contribution is -0.127. The molecule has 0 saturated carbocycles. The van der Waals surface area contributed by atoms with E-state index in [2.05, 4.69) is 0 Å². The van der Waals surface area contributed by atoms with Crippen molar-refractivity contribution in [3.63, 3.8) is 0 Å². The minimum atomic E-state index is -0.0579. The van der Waals surface area contributed by atoms with E-state index in [1.807, 2.05) is 0 Å². The van der Waals surface area contributed by atoms with Gasteiger partial charge in [-0.15, -0.1) is 0 Å². The van der Waals surface area contributed by atoms with Crippen molar-refractivity contribution in [2.75, 3.05) is 6.54 Å². The molecule has 4 nitrogen and oxygen atoms in total.